The average molecular weight is 291 g/mol. The molecule has 0 atom stereocenters. The van der Waals surface area contributed by atoms with Gasteiger partial charge in [-0.1, -0.05) is 42.8 Å². The van der Waals surface area contributed by atoms with Gasteiger partial charge in [-0.15, -0.1) is 0 Å². The van der Waals surface area contributed by atoms with Gasteiger partial charge in [-0.2, -0.15) is 0 Å². The van der Waals surface area contributed by atoms with Crippen LogP contribution >= 0.6 is 11.6 Å². The Morgan fingerprint density at radius 2 is 2.20 bits per heavy atom. The van der Waals surface area contributed by atoms with Crippen molar-refractivity contribution < 1.29 is 9.53 Å². The largest absolute Gasteiger partial charge is 0.380 e. The van der Waals surface area contributed by atoms with Gasteiger partial charge in [0.05, 0.1) is 13.2 Å². The Balaban J connectivity index is 1.80. The topological polar surface area (TPSA) is 51.2 Å². The van der Waals surface area contributed by atoms with E-state index in [1.807, 2.05) is 24.3 Å². The fraction of sp³-hybridized carbons (Fsp3) is 0.333. The number of benzene rings is 1. The first-order valence-electron chi connectivity index (χ1n) is 6.49. The number of carbonyl (C=O) groups excluding carboxylic acids is 1. The quantitative estimate of drug-likeness (QED) is 0.884. The van der Waals surface area contributed by atoms with Crippen molar-refractivity contribution >= 4 is 28.3 Å². The van der Waals surface area contributed by atoms with Crippen LogP contribution in [0.1, 0.15) is 17.4 Å². The molecule has 1 aromatic carbocycles. The molecule has 1 amide bonds. The molecule has 0 unspecified atom stereocenters. The molecule has 20 heavy (non-hydrogen) atoms. The number of hydrogen-bond donors (Lipinski definition) is 1. The lowest BCUT2D eigenvalue weighted by Gasteiger charge is -2.37. The molecule has 4 nitrogen and oxygen atoms in total. The van der Waals surface area contributed by atoms with E-state index in [0.717, 1.165) is 10.8 Å². The first-order chi connectivity index (χ1) is 9.57. The van der Waals surface area contributed by atoms with Crippen LogP contribution in [-0.4, -0.2) is 30.6 Å². The third kappa shape index (κ3) is 2.49. The Labute approximate surface area is 122 Å². The first kappa shape index (κ1) is 13.3. The number of rotatable bonds is 3. The van der Waals surface area contributed by atoms with Gasteiger partial charge in [0.25, 0.3) is 5.91 Å². The molecule has 1 saturated heterocycles. The zero-order chi connectivity index (χ0) is 14.2. The molecule has 1 aromatic heterocycles. The molecule has 1 aliphatic heterocycles. The van der Waals surface area contributed by atoms with Crippen molar-refractivity contribution in [3.63, 3.8) is 0 Å². The molecule has 1 aliphatic rings. The lowest BCUT2D eigenvalue weighted by atomic mass is 9.89. The first-order valence-corrected chi connectivity index (χ1v) is 6.86. The van der Waals surface area contributed by atoms with Gasteiger partial charge in [0, 0.05) is 17.3 Å². The SMILES string of the molecule is CC1(CNC(=O)c2cc3ccccc3c(Cl)n2)COC1. The number of aromatic nitrogens is 1. The molecular weight excluding hydrogens is 276 g/mol. The van der Waals surface area contributed by atoms with Gasteiger partial charge in [0.15, 0.2) is 0 Å². The van der Waals surface area contributed by atoms with Crippen molar-refractivity contribution in [3.8, 4) is 0 Å². The summed E-state index contributed by atoms with van der Waals surface area (Å²) >= 11 is 6.12. The minimum absolute atomic E-state index is 0.0380. The third-order valence-electron chi connectivity index (χ3n) is 3.50. The monoisotopic (exact) mass is 290 g/mol. The number of halogens is 1. The van der Waals surface area contributed by atoms with Crippen LogP contribution in [0.3, 0.4) is 0 Å². The molecule has 2 aromatic rings. The van der Waals surface area contributed by atoms with Gasteiger partial charge in [0.1, 0.15) is 10.8 Å². The Kier molecular flexibility index (Phi) is 3.36. The van der Waals surface area contributed by atoms with Crippen molar-refractivity contribution in [2.45, 2.75) is 6.92 Å². The molecule has 3 rings (SSSR count). The minimum atomic E-state index is -0.203. The maximum Gasteiger partial charge on any atom is 0.269 e. The van der Waals surface area contributed by atoms with Crippen LogP contribution < -0.4 is 5.32 Å². The fourth-order valence-electron chi connectivity index (χ4n) is 2.21. The molecular formula is C15H15ClN2O2. The summed E-state index contributed by atoms with van der Waals surface area (Å²) in [7, 11) is 0. The molecule has 1 N–H and O–H groups in total. The highest BCUT2D eigenvalue weighted by Gasteiger charge is 2.33. The summed E-state index contributed by atoms with van der Waals surface area (Å²) in [6, 6.07) is 9.37. The predicted molar refractivity (Wildman–Crippen MR) is 78.0 cm³/mol. The number of nitrogens with zero attached hydrogens (tertiary/aromatic N) is 1. The average Bonchev–Trinajstić information content (AvgIpc) is 2.42. The molecule has 0 aliphatic carbocycles. The highest BCUT2D eigenvalue weighted by molar-refractivity contribution is 6.34. The fourth-order valence-corrected chi connectivity index (χ4v) is 2.47. The van der Waals surface area contributed by atoms with Gasteiger partial charge in [0.2, 0.25) is 0 Å². The van der Waals surface area contributed by atoms with E-state index in [9.17, 15) is 4.79 Å². The Hall–Kier alpha value is -1.65. The number of pyridine rings is 1. The van der Waals surface area contributed by atoms with Crippen molar-refractivity contribution in [1.29, 1.82) is 0 Å². The molecule has 5 heteroatoms. The second-order valence-corrected chi connectivity index (χ2v) is 5.86. The van der Waals surface area contributed by atoms with Crippen molar-refractivity contribution in [2.75, 3.05) is 19.8 Å². The third-order valence-corrected chi connectivity index (χ3v) is 3.79. The second kappa shape index (κ2) is 5.04. The van der Waals surface area contributed by atoms with Gasteiger partial charge in [-0.25, -0.2) is 4.98 Å². The van der Waals surface area contributed by atoms with E-state index in [1.165, 1.54) is 0 Å². The zero-order valence-electron chi connectivity index (χ0n) is 11.1. The number of hydrogen-bond acceptors (Lipinski definition) is 3. The van der Waals surface area contributed by atoms with E-state index in [0.29, 0.717) is 30.6 Å². The Bertz CT molecular complexity index is 668. The van der Waals surface area contributed by atoms with Crippen molar-refractivity contribution in [1.82, 2.24) is 10.3 Å². The minimum Gasteiger partial charge on any atom is -0.380 e. The van der Waals surface area contributed by atoms with Gasteiger partial charge >= 0.3 is 0 Å². The van der Waals surface area contributed by atoms with E-state index >= 15 is 0 Å². The summed E-state index contributed by atoms with van der Waals surface area (Å²) in [5.41, 5.74) is 0.383. The highest BCUT2D eigenvalue weighted by atomic mass is 35.5. The number of amides is 1. The van der Waals surface area contributed by atoms with Gasteiger partial charge < -0.3 is 10.1 Å². The summed E-state index contributed by atoms with van der Waals surface area (Å²) in [6.45, 7) is 4.02. The van der Waals surface area contributed by atoms with Crippen LogP contribution in [0.15, 0.2) is 30.3 Å². The number of fused-ring (bicyclic) bond motifs is 1. The summed E-state index contributed by atoms with van der Waals surface area (Å²) in [6.07, 6.45) is 0. The van der Waals surface area contributed by atoms with Crippen LogP contribution in [0.4, 0.5) is 0 Å². The normalized spacial score (nSPS) is 16.7. The lowest BCUT2D eigenvalue weighted by Crippen LogP contribution is -2.48. The molecule has 0 spiro atoms. The summed E-state index contributed by atoms with van der Waals surface area (Å²) in [4.78, 5) is 16.3. The molecule has 0 bridgehead atoms. The van der Waals surface area contributed by atoms with E-state index in [2.05, 4.69) is 17.2 Å². The molecule has 0 radical (unpaired) electrons. The van der Waals surface area contributed by atoms with Gasteiger partial charge in [-0.3, -0.25) is 4.79 Å². The molecule has 104 valence electrons. The van der Waals surface area contributed by atoms with Gasteiger partial charge in [-0.05, 0) is 11.5 Å². The van der Waals surface area contributed by atoms with Crippen molar-refractivity contribution in [3.05, 3.63) is 41.2 Å². The second-order valence-electron chi connectivity index (χ2n) is 5.51. The summed E-state index contributed by atoms with van der Waals surface area (Å²) in [5, 5.41) is 5.01. The van der Waals surface area contributed by atoms with E-state index < -0.39 is 0 Å². The van der Waals surface area contributed by atoms with Crippen molar-refractivity contribution in [2.24, 2.45) is 5.41 Å². The van der Waals surface area contributed by atoms with E-state index in [-0.39, 0.29) is 11.3 Å². The maximum atomic E-state index is 12.2. The van der Waals surface area contributed by atoms with Crippen LogP contribution in [-0.2, 0) is 4.74 Å². The standard InChI is InChI=1S/C15H15ClN2O2/c1-15(8-20-9-15)7-17-14(19)12-6-10-4-2-3-5-11(10)13(16)18-12/h2-6H,7-9H2,1H3,(H,17,19). The number of nitrogens with one attached hydrogen (secondary N) is 1. The van der Waals surface area contributed by atoms with E-state index in [4.69, 9.17) is 16.3 Å². The number of carbonyl (C=O) groups is 1. The summed E-state index contributed by atoms with van der Waals surface area (Å²) in [5.74, 6) is -0.203. The predicted octanol–water partition coefficient (Wildman–Crippen LogP) is 2.65. The molecule has 2 heterocycles. The Morgan fingerprint density at radius 3 is 2.90 bits per heavy atom. The molecule has 0 saturated carbocycles. The van der Waals surface area contributed by atoms with Crippen LogP contribution in [0.25, 0.3) is 10.8 Å². The zero-order valence-corrected chi connectivity index (χ0v) is 11.9. The van der Waals surface area contributed by atoms with E-state index in [1.54, 1.807) is 6.07 Å². The lowest BCUT2D eigenvalue weighted by molar-refractivity contribution is -0.0978. The smallest absolute Gasteiger partial charge is 0.269 e. The Morgan fingerprint density at radius 1 is 1.45 bits per heavy atom. The maximum absolute atomic E-state index is 12.2. The van der Waals surface area contributed by atoms with Crippen LogP contribution in [0.2, 0.25) is 5.15 Å². The summed E-state index contributed by atoms with van der Waals surface area (Å²) < 4.78 is 5.16. The van der Waals surface area contributed by atoms with Crippen LogP contribution in [0.5, 0.6) is 0 Å². The van der Waals surface area contributed by atoms with Crippen LogP contribution in [0, 0.1) is 5.41 Å². The number of ether oxygens (including phenoxy) is 1. The molecule has 1 fully saturated rings. The highest BCUT2D eigenvalue weighted by Crippen LogP contribution is 2.25.